The van der Waals surface area contributed by atoms with E-state index in [1.165, 1.54) is 22.7 Å². The zero-order valence-corrected chi connectivity index (χ0v) is 16.7. The minimum Gasteiger partial charge on any atom is -0.348 e. The average Bonchev–Trinajstić information content (AvgIpc) is 3.13. The van der Waals surface area contributed by atoms with E-state index in [4.69, 9.17) is 0 Å². The number of hydrogen-bond donors (Lipinski definition) is 1. The topological polar surface area (TPSA) is 58.1 Å². The van der Waals surface area contributed by atoms with Gasteiger partial charge in [0.25, 0.3) is 0 Å². The van der Waals surface area contributed by atoms with Gasteiger partial charge in [-0.2, -0.15) is 4.37 Å². The molecule has 1 heterocycles. The lowest BCUT2D eigenvalue weighted by Crippen LogP contribution is -2.36. The molecule has 0 spiro atoms. The number of aryl methyl sites for hydroxylation is 1. The highest BCUT2D eigenvalue weighted by atomic mass is 32.1. The molecule has 5 nitrogen and oxygen atoms in total. The van der Waals surface area contributed by atoms with E-state index in [1.807, 2.05) is 49.2 Å². The molecule has 1 atom stereocenters. The van der Waals surface area contributed by atoms with E-state index in [1.54, 1.807) is 0 Å². The Hall–Kier alpha value is -2.73. The standard InChI is InChI=1S/C21H24N4OS/c1-15-9-11-17(12-10-15)13-19-23-21(27-24-19)25(3)14-20(26)22-16(2)18-7-5-4-6-8-18/h4-12,16H,13-14H2,1-3H3,(H,22,26)/t16-/m0/s1. The van der Waals surface area contributed by atoms with Crippen LogP contribution in [0.4, 0.5) is 5.13 Å². The van der Waals surface area contributed by atoms with Gasteiger partial charge in [0.1, 0.15) is 5.82 Å². The second-order valence-corrected chi connectivity index (χ2v) is 7.44. The Balaban J connectivity index is 1.55. The van der Waals surface area contributed by atoms with Crippen LogP contribution < -0.4 is 10.2 Å². The first-order valence-electron chi connectivity index (χ1n) is 8.95. The molecule has 6 heteroatoms. The van der Waals surface area contributed by atoms with E-state index in [0.717, 1.165) is 16.5 Å². The zero-order valence-electron chi connectivity index (χ0n) is 15.8. The van der Waals surface area contributed by atoms with Crippen molar-refractivity contribution in [3.05, 3.63) is 77.1 Å². The van der Waals surface area contributed by atoms with Gasteiger partial charge >= 0.3 is 0 Å². The summed E-state index contributed by atoms with van der Waals surface area (Å²) < 4.78 is 4.43. The Morgan fingerprint density at radius 2 is 1.85 bits per heavy atom. The van der Waals surface area contributed by atoms with E-state index in [2.05, 4.69) is 45.9 Å². The van der Waals surface area contributed by atoms with Crippen molar-refractivity contribution in [2.24, 2.45) is 0 Å². The summed E-state index contributed by atoms with van der Waals surface area (Å²) in [5, 5.41) is 3.77. The van der Waals surface area contributed by atoms with Crippen LogP contribution >= 0.6 is 11.5 Å². The van der Waals surface area contributed by atoms with Gasteiger partial charge in [0.15, 0.2) is 0 Å². The molecular weight excluding hydrogens is 356 g/mol. The predicted molar refractivity (Wildman–Crippen MR) is 110 cm³/mol. The molecule has 1 N–H and O–H groups in total. The Bertz CT molecular complexity index is 877. The summed E-state index contributed by atoms with van der Waals surface area (Å²) in [6, 6.07) is 18.3. The molecule has 0 aliphatic rings. The summed E-state index contributed by atoms with van der Waals surface area (Å²) in [5.74, 6) is 0.743. The normalized spacial score (nSPS) is 11.8. The molecule has 0 bridgehead atoms. The van der Waals surface area contributed by atoms with Crippen LogP contribution in [0.1, 0.15) is 35.5 Å². The minimum atomic E-state index is -0.0378. The van der Waals surface area contributed by atoms with Crippen LogP contribution in [-0.2, 0) is 11.2 Å². The highest BCUT2D eigenvalue weighted by molar-refractivity contribution is 7.09. The van der Waals surface area contributed by atoms with Crippen molar-refractivity contribution in [2.75, 3.05) is 18.5 Å². The van der Waals surface area contributed by atoms with E-state index in [-0.39, 0.29) is 18.5 Å². The molecule has 0 saturated carbocycles. The molecule has 0 unspecified atom stereocenters. The summed E-state index contributed by atoms with van der Waals surface area (Å²) >= 11 is 1.32. The van der Waals surface area contributed by atoms with Gasteiger partial charge in [0.2, 0.25) is 11.0 Å². The quantitative estimate of drug-likeness (QED) is 0.678. The van der Waals surface area contributed by atoms with Crippen LogP contribution in [0.2, 0.25) is 0 Å². The first-order chi connectivity index (χ1) is 13.0. The molecule has 1 aromatic heterocycles. The second kappa shape index (κ2) is 8.77. The van der Waals surface area contributed by atoms with Crippen LogP contribution in [0, 0.1) is 6.92 Å². The third kappa shape index (κ3) is 5.37. The third-order valence-corrected chi connectivity index (χ3v) is 5.19. The number of nitrogens with zero attached hydrogens (tertiary/aromatic N) is 3. The minimum absolute atomic E-state index is 0.0291. The molecule has 3 aromatic rings. The van der Waals surface area contributed by atoms with Crippen molar-refractivity contribution in [3.8, 4) is 0 Å². The first kappa shape index (κ1) is 19.0. The second-order valence-electron chi connectivity index (χ2n) is 6.71. The molecule has 3 rings (SSSR count). The number of rotatable bonds is 7. The first-order valence-corrected chi connectivity index (χ1v) is 9.72. The number of carbonyl (C=O) groups excluding carboxylic acids is 1. The van der Waals surface area contributed by atoms with Gasteiger partial charge in [-0.15, -0.1) is 0 Å². The summed E-state index contributed by atoms with van der Waals surface area (Å²) in [5.41, 5.74) is 3.51. The van der Waals surface area contributed by atoms with Gasteiger partial charge in [-0.1, -0.05) is 60.2 Å². The Kier molecular flexibility index (Phi) is 6.19. The number of aromatic nitrogens is 2. The number of carbonyl (C=O) groups is 1. The van der Waals surface area contributed by atoms with Crippen LogP contribution in [0.25, 0.3) is 0 Å². The van der Waals surface area contributed by atoms with E-state index in [0.29, 0.717) is 6.42 Å². The molecule has 0 aliphatic heterocycles. The molecule has 0 radical (unpaired) electrons. The molecular formula is C21H24N4OS. The van der Waals surface area contributed by atoms with Gasteiger partial charge in [-0.25, -0.2) is 4.98 Å². The molecule has 1 amide bonds. The number of nitrogens with one attached hydrogen (secondary N) is 1. The fraction of sp³-hybridized carbons (Fsp3) is 0.286. The summed E-state index contributed by atoms with van der Waals surface area (Å²) in [6.07, 6.45) is 0.696. The molecule has 27 heavy (non-hydrogen) atoms. The van der Waals surface area contributed by atoms with Gasteiger partial charge in [-0.05, 0) is 25.0 Å². The Morgan fingerprint density at radius 3 is 2.56 bits per heavy atom. The van der Waals surface area contributed by atoms with Crippen LogP contribution in [-0.4, -0.2) is 28.9 Å². The van der Waals surface area contributed by atoms with E-state index in [9.17, 15) is 4.79 Å². The lowest BCUT2D eigenvalue weighted by Gasteiger charge is -2.18. The van der Waals surface area contributed by atoms with Crippen molar-refractivity contribution in [1.29, 1.82) is 0 Å². The molecule has 0 aliphatic carbocycles. The zero-order chi connectivity index (χ0) is 19.2. The van der Waals surface area contributed by atoms with Crippen molar-refractivity contribution < 1.29 is 4.79 Å². The summed E-state index contributed by atoms with van der Waals surface area (Å²) in [4.78, 5) is 18.8. The maximum Gasteiger partial charge on any atom is 0.240 e. The largest absolute Gasteiger partial charge is 0.348 e. The lowest BCUT2D eigenvalue weighted by molar-refractivity contribution is -0.120. The van der Waals surface area contributed by atoms with Gasteiger partial charge in [-0.3, -0.25) is 4.79 Å². The van der Waals surface area contributed by atoms with Crippen molar-refractivity contribution in [1.82, 2.24) is 14.7 Å². The fourth-order valence-corrected chi connectivity index (χ4v) is 3.40. The van der Waals surface area contributed by atoms with Crippen LogP contribution in [0.5, 0.6) is 0 Å². The number of amides is 1. The van der Waals surface area contributed by atoms with Crippen LogP contribution in [0.15, 0.2) is 54.6 Å². The molecule has 0 fully saturated rings. The van der Waals surface area contributed by atoms with E-state index < -0.39 is 0 Å². The third-order valence-electron chi connectivity index (χ3n) is 4.32. The molecule has 2 aromatic carbocycles. The summed E-state index contributed by atoms with van der Waals surface area (Å²) in [6.45, 7) is 4.30. The maximum absolute atomic E-state index is 12.3. The highest BCUT2D eigenvalue weighted by Crippen LogP contribution is 2.18. The maximum atomic E-state index is 12.3. The SMILES string of the molecule is Cc1ccc(Cc2nsc(N(C)CC(=O)N[C@@H](C)c3ccccc3)n2)cc1. The van der Waals surface area contributed by atoms with E-state index >= 15 is 0 Å². The molecule has 140 valence electrons. The fourth-order valence-electron chi connectivity index (χ4n) is 2.76. The number of benzene rings is 2. The number of likely N-dealkylation sites (N-methyl/N-ethyl adjacent to an activating group) is 1. The Morgan fingerprint density at radius 1 is 1.15 bits per heavy atom. The Labute approximate surface area is 164 Å². The number of anilines is 1. The lowest BCUT2D eigenvalue weighted by atomic mass is 10.1. The van der Waals surface area contributed by atoms with Crippen molar-refractivity contribution >= 4 is 22.6 Å². The molecule has 0 saturated heterocycles. The van der Waals surface area contributed by atoms with Crippen LogP contribution in [0.3, 0.4) is 0 Å². The smallest absolute Gasteiger partial charge is 0.240 e. The van der Waals surface area contributed by atoms with Gasteiger partial charge in [0, 0.05) is 25.0 Å². The number of hydrogen-bond acceptors (Lipinski definition) is 5. The van der Waals surface area contributed by atoms with Gasteiger partial charge < -0.3 is 10.2 Å². The van der Waals surface area contributed by atoms with Crippen molar-refractivity contribution in [3.63, 3.8) is 0 Å². The monoisotopic (exact) mass is 380 g/mol. The predicted octanol–water partition coefficient (Wildman–Crippen LogP) is 3.75. The average molecular weight is 381 g/mol. The van der Waals surface area contributed by atoms with Crippen molar-refractivity contribution in [2.45, 2.75) is 26.3 Å². The highest BCUT2D eigenvalue weighted by Gasteiger charge is 2.15. The van der Waals surface area contributed by atoms with Gasteiger partial charge in [0.05, 0.1) is 12.6 Å². The summed E-state index contributed by atoms with van der Waals surface area (Å²) in [7, 11) is 1.86.